The van der Waals surface area contributed by atoms with Gasteiger partial charge in [0.05, 0.1) is 0 Å². The summed E-state index contributed by atoms with van der Waals surface area (Å²) in [6.07, 6.45) is 0.774. The molecule has 0 spiro atoms. The van der Waals surface area contributed by atoms with E-state index in [0.29, 0.717) is 12.1 Å². The van der Waals surface area contributed by atoms with Gasteiger partial charge in [-0.05, 0) is 60.8 Å². The Morgan fingerprint density at radius 2 is 2.05 bits per heavy atom. The van der Waals surface area contributed by atoms with E-state index in [0.717, 1.165) is 29.7 Å². The number of carbonyl (C=O) groups is 1. The van der Waals surface area contributed by atoms with Gasteiger partial charge in [-0.1, -0.05) is 18.2 Å². The van der Waals surface area contributed by atoms with Crippen molar-refractivity contribution in [3.63, 3.8) is 0 Å². The molecule has 0 saturated heterocycles. The average Bonchev–Trinajstić information content (AvgIpc) is 2.45. The zero-order valence-corrected chi connectivity index (χ0v) is 12.0. The summed E-state index contributed by atoms with van der Waals surface area (Å²) in [6.45, 7) is 3.43. The van der Waals surface area contributed by atoms with Gasteiger partial charge in [0.1, 0.15) is 5.82 Å². The fourth-order valence-corrected chi connectivity index (χ4v) is 2.20. The van der Waals surface area contributed by atoms with Crippen LogP contribution in [-0.2, 0) is 13.0 Å². The maximum atomic E-state index is 13.0. The molecule has 0 aliphatic carbocycles. The molecule has 0 aliphatic heterocycles. The van der Waals surface area contributed by atoms with Gasteiger partial charge in [0, 0.05) is 12.1 Å². The molecule has 3 N–H and O–H groups in total. The SMILES string of the molecule is Cc1cc(C(N)=O)ccc1CNCCc1cccc(F)c1. The van der Waals surface area contributed by atoms with Crippen LogP contribution in [0.25, 0.3) is 0 Å². The van der Waals surface area contributed by atoms with Gasteiger partial charge in [-0.2, -0.15) is 0 Å². The van der Waals surface area contributed by atoms with Gasteiger partial charge in [0.2, 0.25) is 5.91 Å². The summed E-state index contributed by atoms with van der Waals surface area (Å²) in [4.78, 5) is 11.1. The van der Waals surface area contributed by atoms with Gasteiger partial charge >= 0.3 is 0 Å². The van der Waals surface area contributed by atoms with E-state index in [4.69, 9.17) is 5.73 Å². The number of amides is 1. The number of hydrogen-bond acceptors (Lipinski definition) is 2. The third kappa shape index (κ3) is 4.39. The number of nitrogens with one attached hydrogen (secondary N) is 1. The van der Waals surface area contributed by atoms with E-state index in [9.17, 15) is 9.18 Å². The fourth-order valence-electron chi connectivity index (χ4n) is 2.20. The molecule has 21 heavy (non-hydrogen) atoms. The first-order valence-electron chi connectivity index (χ1n) is 6.91. The molecule has 0 bridgehead atoms. The molecule has 2 rings (SSSR count). The van der Waals surface area contributed by atoms with Gasteiger partial charge < -0.3 is 11.1 Å². The maximum absolute atomic E-state index is 13.0. The smallest absolute Gasteiger partial charge is 0.248 e. The second-order valence-corrected chi connectivity index (χ2v) is 5.06. The Hall–Kier alpha value is -2.20. The molecule has 0 fully saturated rings. The van der Waals surface area contributed by atoms with Crippen LogP contribution >= 0.6 is 0 Å². The second-order valence-electron chi connectivity index (χ2n) is 5.06. The lowest BCUT2D eigenvalue weighted by Crippen LogP contribution is -2.18. The summed E-state index contributed by atoms with van der Waals surface area (Å²) in [6, 6.07) is 12.1. The van der Waals surface area contributed by atoms with Gasteiger partial charge in [-0.25, -0.2) is 4.39 Å². The van der Waals surface area contributed by atoms with Crippen molar-refractivity contribution in [1.82, 2.24) is 5.32 Å². The molecule has 0 saturated carbocycles. The fraction of sp³-hybridized carbons (Fsp3) is 0.235. The zero-order chi connectivity index (χ0) is 15.2. The largest absolute Gasteiger partial charge is 0.366 e. The maximum Gasteiger partial charge on any atom is 0.248 e. The molecule has 0 radical (unpaired) electrons. The monoisotopic (exact) mass is 286 g/mol. The van der Waals surface area contributed by atoms with Gasteiger partial charge in [0.25, 0.3) is 0 Å². The number of aryl methyl sites for hydroxylation is 1. The molecule has 0 heterocycles. The molecule has 1 amide bonds. The lowest BCUT2D eigenvalue weighted by atomic mass is 10.0. The second kappa shape index (κ2) is 6.99. The number of hydrogen-bond donors (Lipinski definition) is 2. The highest BCUT2D eigenvalue weighted by Gasteiger charge is 2.04. The Labute approximate surface area is 124 Å². The van der Waals surface area contributed by atoms with Crippen molar-refractivity contribution < 1.29 is 9.18 Å². The topological polar surface area (TPSA) is 55.1 Å². The molecule has 2 aromatic carbocycles. The molecule has 0 aliphatic rings. The van der Waals surface area contributed by atoms with Crippen molar-refractivity contribution in [3.05, 3.63) is 70.5 Å². The van der Waals surface area contributed by atoms with Gasteiger partial charge in [-0.15, -0.1) is 0 Å². The van der Waals surface area contributed by atoms with Crippen molar-refractivity contribution in [1.29, 1.82) is 0 Å². The highest BCUT2D eigenvalue weighted by molar-refractivity contribution is 5.93. The normalized spacial score (nSPS) is 10.6. The van der Waals surface area contributed by atoms with E-state index in [1.165, 1.54) is 6.07 Å². The third-order valence-electron chi connectivity index (χ3n) is 3.42. The summed E-state index contributed by atoms with van der Waals surface area (Å²) in [5.41, 5.74) is 8.90. The van der Waals surface area contributed by atoms with Gasteiger partial charge in [0.15, 0.2) is 0 Å². The van der Waals surface area contributed by atoms with Crippen molar-refractivity contribution in [2.45, 2.75) is 19.9 Å². The predicted octanol–water partition coefficient (Wildman–Crippen LogP) is 2.57. The molecular weight excluding hydrogens is 267 g/mol. The van der Waals surface area contributed by atoms with Crippen molar-refractivity contribution in [2.24, 2.45) is 5.73 Å². The van der Waals surface area contributed by atoms with Crippen LogP contribution in [0.15, 0.2) is 42.5 Å². The van der Waals surface area contributed by atoms with E-state index in [2.05, 4.69) is 5.32 Å². The Morgan fingerprint density at radius 1 is 1.24 bits per heavy atom. The minimum absolute atomic E-state index is 0.203. The number of carbonyl (C=O) groups excluding carboxylic acids is 1. The number of primary amides is 1. The zero-order valence-electron chi connectivity index (χ0n) is 12.0. The van der Waals surface area contributed by atoms with Crippen LogP contribution in [0.3, 0.4) is 0 Å². The van der Waals surface area contributed by atoms with Crippen LogP contribution in [-0.4, -0.2) is 12.5 Å². The van der Waals surface area contributed by atoms with Crippen LogP contribution in [0.2, 0.25) is 0 Å². The lowest BCUT2D eigenvalue weighted by molar-refractivity contribution is 0.1000. The van der Waals surface area contributed by atoms with Crippen molar-refractivity contribution >= 4 is 5.91 Å². The van der Waals surface area contributed by atoms with Crippen LogP contribution in [0, 0.1) is 12.7 Å². The van der Waals surface area contributed by atoms with Crippen molar-refractivity contribution in [3.8, 4) is 0 Å². The highest BCUT2D eigenvalue weighted by atomic mass is 19.1. The molecule has 0 unspecified atom stereocenters. The quantitative estimate of drug-likeness (QED) is 0.802. The first kappa shape index (κ1) is 15.2. The first-order valence-corrected chi connectivity index (χ1v) is 6.91. The standard InChI is InChI=1S/C17H19FN2O/c1-12-9-14(17(19)21)5-6-15(12)11-20-8-7-13-3-2-4-16(18)10-13/h2-6,9-10,20H,7-8,11H2,1H3,(H2,19,21). The molecule has 0 atom stereocenters. The lowest BCUT2D eigenvalue weighted by Gasteiger charge is -2.09. The van der Waals surface area contributed by atoms with E-state index < -0.39 is 5.91 Å². The Morgan fingerprint density at radius 3 is 2.71 bits per heavy atom. The molecule has 0 aromatic heterocycles. The van der Waals surface area contributed by atoms with Crippen LogP contribution in [0.4, 0.5) is 4.39 Å². The minimum atomic E-state index is -0.413. The van der Waals surface area contributed by atoms with Crippen molar-refractivity contribution in [2.75, 3.05) is 6.54 Å². The number of rotatable bonds is 6. The molecule has 3 nitrogen and oxygen atoms in total. The Balaban J connectivity index is 1.85. The number of benzene rings is 2. The summed E-state index contributed by atoms with van der Waals surface area (Å²) in [5, 5.41) is 3.32. The summed E-state index contributed by atoms with van der Waals surface area (Å²) < 4.78 is 13.0. The van der Waals surface area contributed by atoms with Crippen LogP contribution in [0.5, 0.6) is 0 Å². The molecular formula is C17H19FN2O. The number of halogens is 1. The third-order valence-corrected chi connectivity index (χ3v) is 3.42. The Bertz CT molecular complexity index is 640. The average molecular weight is 286 g/mol. The molecule has 2 aromatic rings. The minimum Gasteiger partial charge on any atom is -0.366 e. The Kier molecular flexibility index (Phi) is 5.06. The molecule has 110 valence electrons. The number of nitrogens with two attached hydrogens (primary N) is 1. The van der Waals surface area contributed by atoms with Crippen LogP contribution < -0.4 is 11.1 Å². The predicted molar refractivity (Wildman–Crippen MR) is 81.5 cm³/mol. The van der Waals surface area contributed by atoms with E-state index in [1.807, 2.05) is 19.1 Å². The summed E-state index contributed by atoms with van der Waals surface area (Å²) in [5.74, 6) is -0.617. The first-order chi connectivity index (χ1) is 10.1. The summed E-state index contributed by atoms with van der Waals surface area (Å²) in [7, 11) is 0. The summed E-state index contributed by atoms with van der Waals surface area (Å²) >= 11 is 0. The van der Waals surface area contributed by atoms with Gasteiger partial charge in [-0.3, -0.25) is 4.79 Å². The van der Waals surface area contributed by atoms with E-state index in [-0.39, 0.29) is 5.82 Å². The van der Waals surface area contributed by atoms with E-state index in [1.54, 1.807) is 24.3 Å². The van der Waals surface area contributed by atoms with Crippen LogP contribution in [0.1, 0.15) is 27.0 Å². The highest BCUT2D eigenvalue weighted by Crippen LogP contribution is 2.11. The van der Waals surface area contributed by atoms with E-state index >= 15 is 0 Å². The molecule has 4 heteroatoms.